The van der Waals surface area contributed by atoms with E-state index in [1.807, 2.05) is 41.9 Å². The third kappa shape index (κ3) is 4.02. The highest BCUT2D eigenvalue weighted by atomic mass is 32.2. The maximum atomic E-state index is 13.1. The Morgan fingerprint density at radius 1 is 1.03 bits per heavy atom. The lowest BCUT2D eigenvalue weighted by molar-refractivity contribution is 0.602. The normalized spacial score (nSPS) is 11.4. The maximum absolute atomic E-state index is 13.1. The van der Waals surface area contributed by atoms with Gasteiger partial charge < -0.3 is 9.88 Å². The van der Waals surface area contributed by atoms with Crippen LogP contribution in [0.2, 0.25) is 0 Å². The second-order valence-corrected chi connectivity index (χ2v) is 9.45. The summed E-state index contributed by atoms with van der Waals surface area (Å²) in [5.74, 6) is 0.651. The van der Waals surface area contributed by atoms with Crippen LogP contribution in [-0.4, -0.2) is 23.0 Å². The van der Waals surface area contributed by atoms with Gasteiger partial charge >= 0.3 is 0 Å². The SMILES string of the molecule is Cn1c(NCc2ccc(C#N)cc2)nc2cc(NS(=O)(=O)c3cccc4cccnc34)ccc21. The fraction of sp³-hybridized carbons (Fsp3) is 0.0800. The molecule has 9 heteroatoms. The second-order valence-electron chi connectivity index (χ2n) is 7.80. The predicted molar refractivity (Wildman–Crippen MR) is 132 cm³/mol. The summed E-state index contributed by atoms with van der Waals surface area (Å²) in [7, 11) is -1.96. The molecule has 34 heavy (non-hydrogen) atoms. The van der Waals surface area contributed by atoms with Gasteiger partial charge in [0.1, 0.15) is 4.90 Å². The highest BCUT2D eigenvalue weighted by Crippen LogP contribution is 2.26. The minimum absolute atomic E-state index is 0.122. The number of anilines is 2. The van der Waals surface area contributed by atoms with Gasteiger partial charge in [-0.2, -0.15) is 5.26 Å². The third-order valence-corrected chi connectivity index (χ3v) is 6.96. The predicted octanol–water partition coefficient (Wildman–Crippen LogP) is 4.41. The van der Waals surface area contributed by atoms with Gasteiger partial charge in [-0.05, 0) is 48.0 Å². The number of benzene rings is 3. The van der Waals surface area contributed by atoms with Crippen molar-refractivity contribution < 1.29 is 8.42 Å². The maximum Gasteiger partial charge on any atom is 0.264 e. The molecule has 3 aromatic carbocycles. The third-order valence-electron chi connectivity index (χ3n) is 5.55. The van der Waals surface area contributed by atoms with E-state index >= 15 is 0 Å². The van der Waals surface area contributed by atoms with Crippen LogP contribution < -0.4 is 10.0 Å². The molecule has 2 heterocycles. The topological polar surface area (TPSA) is 113 Å². The first-order valence-electron chi connectivity index (χ1n) is 10.5. The zero-order valence-corrected chi connectivity index (χ0v) is 19.0. The van der Waals surface area contributed by atoms with Crippen LogP contribution in [0.3, 0.4) is 0 Å². The van der Waals surface area contributed by atoms with Gasteiger partial charge in [-0.3, -0.25) is 9.71 Å². The van der Waals surface area contributed by atoms with Gasteiger partial charge in [0.25, 0.3) is 10.0 Å². The highest BCUT2D eigenvalue weighted by Gasteiger charge is 2.19. The largest absolute Gasteiger partial charge is 0.352 e. The van der Waals surface area contributed by atoms with Crippen LogP contribution in [0.5, 0.6) is 0 Å². The van der Waals surface area contributed by atoms with E-state index in [0.717, 1.165) is 16.5 Å². The first-order chi connectivity index (χ1) is 16.4. The number of sulfonamides is 1. The lowest BCUT2D eigenvalue weighted by Gasteiger charge is -2.10. The summed E-state index contributed by atoms with van der Waals surface area (Å²) in [6, 6.07) is 23.4. The molecule has 0 aliphatic carbocycles. The number of nitriles is 1. The van der Waals surface area contributed by atoms with Gasteiger partial charge in [0, 0.05) is 25.2 Å². The quantitative estimate of drug-likeness (QED) is 0.382. The Hall–Kier alpha value is -4.42. The van der Waals surface area contributed by atoms with Gasteiger partial charge in [0.15, 0.2) is 0 Å². The summed E-state index contributed by atoms with van der Waals surface area (Å²) in [4.78, 5) is 9.00. The smallest absolute Gasteiger partial charge is 0.264 e. The minimum Gasteiger partial charge on any atom is -0.352 e. The Morgan fingerprint density at radius 2 is 1.82 bits per heavy atom. The molecule has 2 N–H and O–H groups in total. The molecule has 0 fully saturated rings. The molecule has 0 atom stereocenters. The summed E-state index contributed by atoms with van der Waals surface area (Å²) >= 11 is 0. The molecule has 0 amide bonds. The van der Waals surface area contributed by atoms with Gasteiger partial charge in [-0.25, -0.2) is 13.4 Å². The summed E-state index contributed by atoms with van der Waals surface area (Å²) in [5.41, 5.74) is 3.98. The summed E-state index contributed by atoms with van der Waals surface area (Å²) in [5, 5.41) is 13.0. The number of imidazole rings is 1. The number of fused-ring (bicyclic) bond motifs is 2. The number of para-hydroxylation sites is 1. The van der Waals surface area contributed by atoms with Crippen LogP contribution in [0, 0.1) is 11.3 Å². The molecule has 0 spiro atoms. The Balaban J connectivity index is 1.40. The number of nitrogens with one attached hydrogen (secondary N) is 2. The molecule has 0 saturated heterocycles. The van der Waals surface area contributed by atoms with Gasteiger partial charge in [0.2, 0.25) is 5.95 Å². The van der Waals surface area contributed by atoms with Gasteiger partial charge in [0.05, 0.1) is 33.9 Å². The first kappa shape index (κ1) is 21.4. The summed E-state index contributed by atoms with van der Waals surface area (Å²) in [6.07, 6.45) is 1.58. The molecule has 0 aliphatic heterocycles. The Labute approximate surface area is 196 Å². The van der Waals surface area contributed by atoms with Gasteiger partial charge in [-0.15, -0.1) is 0 Å². The van der Waals surface area contributed by atoms with Crippen molar-refractivity contribution in [2.45, 2.75) is 11.4 Å². The van der Waals surface area contributed by atoms with E-state index < -0.39 is 10.0 Å². The molecule has 8 nitrogen and oxygen atoms in total. The van der Waals surface area contributed by atoms with Crippen LogP contribution in [0.15, 0.2) is 83.9 Å². The molecule has 0 radical (unpaired) electrons. The number of pyridine rings is 1. The average Bonchev–Trinajstić information content (AvgIpc) is 3.17. The van der Waals surface area contributed by atoms with Crippen molar-refractivity contribution in [2.75, 3.05) is 10.0 Å². The molecule has 2 aromatic heterocycles. The number of aromatic nitrogens is 3. The lowest BCUT2D eigenvalue weighted by Crippen LogP contribution is -2.13. The number of rotatable bonds is 6. The van der Waals surface area contributed by atoms with Crippen LogP contribution in [-0.2, 0) is 23.6 Å². The van der Waals surface area contributed by atoms with Gasteiger partial charge in [-0.1, -0.05) is 30.3 Å². The second kappa shape index (κ2) is 8.50. The molecule has 0 unspecified atom stereocenters. The molecular formula is C25H20N6O2S. The number of aryl methyl sites for hydroxylation is 1. The highest BCUT2D eigenvalue weighted by molar-refractivity contribution is 7.93. The molecule has 0 bridgehead atoms. The van der Waals surface area contributed by atoms with Crippen molar-refractivity contribution in [3.8, 4) is 6.07 Å². The fourth-order valence-corrected chi connectivity index (χ4v) is 5.03. The van der Waals surface area contributed by atoms with Crippen LogP contribution in [0.4, 0.5) is 11.6 Å². The van der Waals surface area contributed by atoms with E-state index in [-0.39, 0.29) is 4.90 Å². The number of nitrogens with zero attached hydrogens (tertiary/aromatic N) is 4. The van der Waals surface area contributed by atoms with Crippen molar-refractivity contribution >= 4 is 43.6 Å². The molecule has 5 rings (SSSR count). The van der Waals surface area contributed by atoms with Crippen LogP contribution in [0.25, 0.3) is 21.9 Å². The Kier molecular flexibility index (Phi) is 5.36. The summed E-state index contributed by atoms with van der Waals surface area (Å²) < 4.78 is 30.8. The van der Waals surface area contributed by atoms with Crippen molar-refractivity contribution in [1.29, 1.82) is 5.26 Å². The molecular weight excluding hydrogens is 448 g/mol. The monoisotopic (exact) mass is 468 g/mol. The van der Waals surface area contributed by atoms with Crippen molar-refractivity contribution in [3.05, 3.63) is 90.1 Å². The van der Waals surface area contributed by atoms with Crippen molar-refractivity contribution in [1.82, 2.24) is 14.5 Å². The molecule has 0 saturated carbocycles. The standard InChI is InChI=1S/C25H20N6O2S/c1-31-22-12-11-20(30-34(32,33)23-6-2-4-19-5-3-13-27-24(19)23)14-21(22)29-25(31)28-16-18-9-7-17(15-26)8-10-18/h2-14,30H,16H2,1H3,(H,28,29). The van der Waals surface area contributed by atoms with Crippen molar-refractivity contribution in [3.63, 3.8) is 0 Å². The first-order valence-corrected chi connectivity index (χ1v) is 12.0. The van der Waals surface area contributed by atoms with Crippen LogP contribution in [0.1, 0.15) is 11.1 Å². The molecule has 5 aromatic rings. The van der Waals surface area contributed by atoms with E-state index in [2.05, 4.69) is 26.1 Å². The van der Waals surface area contributed by atoms with E-state index in [4.69, 9.17) is 5.26 Å². The Morgan fingerprint density at radius 3 is 2.62 bits per heavy atom. The number of hydrogen-bond acceptors (Lipinski definition) is 6. The van der Waals surface area contributed by atoms with Crippen molar-refractivity contribution in [2.24, 2.45) is 7.05 Å². The lowest BCUT2D eigenvalue weighted by atomic mass is 10.1. The number of hydrogen-bond donors (Lipinski definition) is 2. The van der Waals surface area contributed by atoms with E-state index in [1.165, 1.54) is 0 Å². The fourth-order valence-electron chi connectivity index (χ4n) is 3.80. The van der Waals surface area contributed by atoms with E-state index in [1.54, 1.807) is 48.7 Å². The van der Waals surface area contributed by atoms with E-state index in [0.29, 0.717) is 34.8 Å². The zero-order chi connectivity index (χ0) is 23.7. The van der Waals surface area contributed by atoms with Crippen LogP contribution >= 0.6 is 0 Å². The average molecular weight is 469 g/mol. The Bertz CT molecular complexity index is 1660. The minimum atomic E-state index is -3.85. The zero-order valence-electron chi connectivity index (χ0n) is 18.2. The van der Waals surface area contributed by atoms with E-state index in [9.17, 15) is 8.42 Å². The summed E-state index contributed by atoms with van der Waals surface area (Å²) in [6.45, 7) is 0.538. The molecule has 168 valence electrons. The molecule has 0 aliphatic rings.